The van der Waals surface area contributed by atoms with Gasteiger partial charge in [0.05, 0.1) is 0 Å². The van der Waals surface area contributed by atoms with Gasteiger partial charge in [-0.1, -0.05) is 39.0 Å². The Labute approximate surface area is 173 Å². The molecule has 0 aliphatic carbocycles. The third-order valence-electron chi connectivity index (χ3n) is 3.91. The zero-order valence-electron chi connectivity index (χ0n) is 18.0. The standard InChI is InChI=1S/C20H38N4S.C2H6/c1-2-21-14-8-15-22-12-6-7-13-23-16-9-17-24-18-19-25-20-10-4-3-5-11-20;1-2/h3-5,10-11,21-24H,2,6-9,12-19H2,1H3;1-2H3. The normalized spacial score (nSPS) is 10.5. The summed E-state index contributed by atoms with van der Waals surface area (Å²) in [6.45, 7) is 15.1. The van der Waals surface area contributed by atoms with Gasteiger partial charge in [-0.3, -0.25) is 0 Å². The minimum atomic E-state index is 1.08. The van der Waals surface area contributed by atoms with Crippen LogP contribution in [0.5, 0.6) is 0 Å². The molecule has 0 aromatic heterocycles. The number of benzene rings is 1. The summed E-state index contributed by atoms with van der Waals surface area (Å²) >= 11 is 1.92. The van der Waals surface area contributed by atoms with E-state index in [0.717, 1.165) is 58.1 Å². The van der Waals surface area contributed by atoms with Crippen molar-refractivity contribution in [2.75, 3.05) is 58.1 Å². The molecule has 0 saturated carbocycles. The van der Waals surface area contributed by atoms with Gasteiger partial charge in [0, 0.05) is 17.2 Å². The molecule has 0 aliphatic heterocycles. The van der Waals surface area contributed by atoms with E-state index in [0.29, 0.717) is 0 Å². The van der Waals surface area contributed by atoms with Gasteiger partial charge in [-0.2, -0.15) is 0 Å². The van der Waals surface area contributed by atoms with E-state index in [1.165, 1.54) is 30.6 Å². The van der Waals surface area contributed by atoms with E-state index < -0.39 is 0 Å². The summed E-state index contributed by atoms with van der Waals surface area (Å²) in [4.78, 5) is 1.36. The molecule has 0 saturated heterocycles. The first kappa shape index (κ1) is 26.4. The molecule has 0 heterocycles. The van der Waals surface area contributed by atoms with E-state index in [2.05, 4.69) is 58.5 Å². The SMILES string of the molecule is CC.CCNCCCNCCCCNCCCNCCSc1ccccc1. The number of thioether (sulfide) groups is 1. The van der Waals surface area contributed by atoms with E-state index >= 15 is 0 Å². The lowest BCUT2D eigenvalue weighted by atomic mass is 10.3. The van der Waals surface area contributed by atoms with Crippen LogP contribution in [0, 0.1) is 0 Å². The monoisotopic (exact) mass is 396 g/mol. The molecule has 1 rings (SSSR count). The van der Waals surface area contributed by atoms with Crippen molar-refractivity contribution in [2.24, 2.45) is 0 Å². The second-order valence-electron chi connectivity index (χ2n) is 6.18. The van der Waals surface area contributed by atoms with Crippen LogP contribution in [-0.4, -0.2) is 58.1 Å². The average molecular weight is 397 g/mol. The highest BCUT2D eigenvalue weighted by atomic mass is 32.2. The van der Waals surface area contributed by atoms with Crippen molar-refractivity contribution in [3.05, 3.63) is 30.3 Å². The molecule has 5 heteroatoms. The van der Waals surface area contributed by atoms with Crippen molar-refractivity contribution in [2.45, 2.75) is 51.3 Å². The van der Waals surface area contributed by atoms with Gasteiger partial charge in [0.25, 0.3) is 0 Å². The number of hydrogen-bond acceptors (Lipinski definition) is 5. The van der Waals surface area contributed by atoms with Crippen LogP contribution >= 0.6 is 11.8 Å². The molecule has 0 bridgehead atoms. The van der Waals surface area contributed by atoms with Crippen molar-refractivity contribution in [1.29, 1.82) is 0 Å². The van der Waals surface area contributed by atoms with Crippen LogP contribution in [-0.2, 0) is 0 Å². The van der Waals surface area contributed by atoms with Gasteiger partial charge in [-0.15, -0.1) is 11.8 Å². The molecule has 0 amide bonds. The van der Waals surface area contributed by atoms with Crippen molar-refractivity contribution >= 4 is 11.8 Å². The first-order valence-electron chi connectivity index (χ1n) is 10.9. The zero-order chi connectivity index (χ0) is 19.8. The van der Waals surface area contributed by atoms with Gasteiger partial charge in [-0.25, -0.2) is 0 Å². The summed E-state index contributed by atoms with van der Waals surface area (Å²) in [6.07, 6.45) is 4.96. The highest BCUT2D eigenvalue weighted by Gasteiger charge is 1.94. The predicted molar refractivity (Wildman–Crippen MR) is 124 cm³/mol. The van der Waals surface area contributed by atoms with Gasteiger partial charge < -0.3 is 21.3 Å². The van der Waals surface area contributed by atoms with Crippen molar-refractivity contribution in [1.82, 2.24) is 21.3 Å². The second-order valence-corrected chi connectivity index (χ2v) is 7.35. The van der Waals surface area contributed by atoms with Crippen molar-refractivity contribution in [3.63, 3.8) is 0 Å². The molecule has 1 aromatic carbocycles. The van der Waals surface area contributed by atoms with Gasteiger partial charge in [-0.05, 0) is 83.6 Å². The zero-order valence-corrected chi connectivity index (χ0v) is 18.8. The summed E-state index contributed by atoms with van der Waals surface area (Å²) < 4.78 is 0. The predicted octanol–water partition coefficient (Wildman–Crippen LogP) is 3.74. The summed E-state index contributed by atoms with van der Waals surface area (Å²) in [6, 6.07) is 10.6. The minimum absolute atomic E-state index is 1.08. The lowest BCUT2D eigenvalue weighted by Gasteiger charge is -2.07. The van der Waals surface area contributed by atoms with Gasteiger partial charge >= 0.3 is 0 Å². The van der Waals surface area contributed by atoms with Crippen LogP contribution in [0.4, 0.5) is 0 Å². The molecule has 27 heavy (non-hydrogen) atoms. The molecule has 0 unspecified atom stereocenters. The number of nitrogens with one attached hydrogen (secondary N) is 4. The number of unbranched alkanes of at least 4 members (excludes halogenated alkanes) is 1. The first-order valence-corrected chi connectivity index (χ1v) is 11.9. The fraction of sp³-hybridized carbons (Fsp3) is 0.727. The summed E-state index contributed by atoms with van der Waals surface area (Å²) in [5, 5.41) is 13.9. The maximum Gasteiger partial charge on any atom is 0.0106 e. The second kappa shape index (κ2) is 23.4. The van der Waals surface area contributed by atoms with E-state index in [9.17, 15) is 0 Å². The Bertz CT molecular complexity index is 376. The molecule has 158 valence electrons. The fourth-order valence-electron chi connectivity index (χ4n) is 2.49. The topological polar surface area (TPSA) is 48.1 Å². The Balaban J connectivity index is 0.00000326. The quantitative estimate of drug-likeness (QED) is 0.225. The summed E-state index contributed by atoms with van der Waals surface area (Å²) in [5.74, 6) is 1.14. The molecule has 4 N–H and O–H groups in total. The van der Waals surface area contributed by atoms with Gasteiger partial charge in [0.1, 0.15) is 0 Å². The molecular weight excluding hydrogens is 352 g/mol. The lowest BCUT2D eigenvalue weighted by Crippen LogP contribution is -2.25. The number of hydrogen-bond donors (Lipinski definition) is 4. The van der Waals surface area contributed by atoms with Crippen molar-refractivity contribution in [3.8, 4) is 0 Å². The van der Waals surface area contributed by atoms with Crippen LogP contribution in [0.25, 0.3) is 0 Å². The van der Waals surface area contributed by atoms with Crippen LogP contribution < -0.4 is 21.3 Å². The Morgan fingerprint density at radius 1 is 0.630 bits per heavy atom. The van der Waals surface area contributed by atoms with E-state index in [1.807, 2.05) is 25.6 Å². The molecule has 0 fully saturated rings. The molecular formula is C22H44N4S. The van der Waals surface area contributed by atoms with Crippen LogP contribution in [0.15, 0.2) is 35.2 Å². The molecule has 0 radical (unpaired) electrons. The molecule has 0 spiro atoms. The third kappa shape index (κ3) is 20.0. The van der Waals surface area contributed by atoms with Crippen molar-refractivity contribution < 1.29 is 0 Å². The first-order chi connectivity index (χ1) is 13.4. The third-order valence-corrected chi connectivity index (χ3v) is 4.93. The van der Waals surface area contributed by atoms with Gasteiger partial charge in [0.2, 0.25) is 0 Å². The van der Waals surface area contributed by atoms with E-state index in [4.69, 9.17) is 0 Å². The highest BCUT2D eigenvalue weighted by Crippen LogP contribution is 2.15. The Kier molecular flexibility index (Phi) is 22.9. The van der Waals surface area contributed by atoms with Crippen LogP contribution in [0.2, 0.25) is 0 Å². The van der Waals surface area contributed by atoms with E-state index in [-0.39, 0.29) is 0 Å². The highest BCUT2D eigenvalue weighted by molar-refractivity contribution is 7.99. The number of rotatable bonds is 18. The Morgan fingerprint density at radius 2 is 1.11 bits per heavy atom. The fourth-order valence-corrected chi connectivity index (χ4v) is 3.32. The smallest absolute Gasteiger partial charge is 0.0106 e. The summed E-state index contributed by atoms with van der Waals surface area (Å²) in [7, 11) is 0. The van der Waals surface area contributed by atoms with E-state index in [1.54, 1.807) is 0 Å². The maximum atomic E-state index is 3.54. The molecule has 4 nitrogen and oxygen atoms in total. The van der Waals surface area contributed by atoms with Gasteiger partial charge in [0.15, 0.2) is 0 Å². The molecule has 1 aromatic rings. The summed E-state index contributed by atoms with van der Waals surface area (Å²) in [5.41, 5.74) is 0. The van der Waals surface area contributed by atoms with Crippen LogP contribution in [0.1, 0.15) is 46.5 Å². The Morgan fingerprint density at radius 3 is 1.67 bits per heavy atom. The maximum absolute atomic E-state index is 3.54. The molecule has 0 atom stereocenters. The average Bonchev–Trinajstić information content (AvgIpc) is 2.72. The van der Waals surface area contributed by atoms with Crippen LogP contribution in [0.3, 0.4) is 0 Å². The Hall–Kier alpha value is -0.590. The minimum Gasteiger partial charge on any atom is -0.317 e. The lowest BCUT2D eigenvalue weighted by molar-refractivity contribution is 0.552. The molecule has 0 aliphatic rings. The largest absolute Gasteiger partial charge is 0.317 e.